The Morgan fingerprint density at radius 1 is 1.16 bits per heavy atom. The van der Waals surface area contributed by atoms with Crippen LogP contribution in [0.3, 0.4) is 0 Å². The highest BCUT2D eigenvalue weighted by atomic mass is 32.2. The second-order valence-corrected chi connectivity index (χ2v) is 7.29. The minimum Gasteiger partial charge on any atom is -0.497 e. The Bertz CT molecular complexity index is 1020. The summed E-state index contributed by atoms with van der Waals surface area (Å²) in [5.74, 6) is 0.174. The van der Waals surface area contributed by atoms with Crippen LogP contribution in [0.4, 0.5) is 0 Å². The average Bonchev–Trinajstić information content (AvgIpc) is 2.98. The first-order valence-corrected chi connectivity index (χ1v) is 9.22. The van der Waals surface area contributed by atoms with Crippen LogP contribution in [0.2, 0.25) is 0 Å². The first-order valence-electron chi connectivity index (χ1n) is 7.73. The summed E-state index contributed by atoms with van der Waals surface area (Å²) in [7, 11) is -2.04. The molecule has 8 heteroatoms. The van der Waals surface area contributed by atoms with Gasteiger partial charge in [0.15, 0.2) is 5.58 Å². The molecule has 0 radical (unpaired) electrons. The molecule has 1 aromatic heterocycles. The molecule has 7 nitrogen and oxygen atoms in total. The normalized spacial score (nSPS) is 11.7. The number of oxazole rings is 1. The number of nitrogens with one attached hydrogen (secondary N) is 2. The molecule has 1 heterocycles. The molecule has 0 aliphatic heterocycles. The maximum absolute atomic E-state index is 12.3. The highest BCUT2D eigenvalue weighted by Crippen LogP contribution is 2.17. The van der Waals surface area contributed by atoms with Gasteiger partial charge in [0.25, 0.3) is 0 Å². The number of sulfonamides is 1. The maximum atomic E-state index is 12.3. The number of H-pyrrole nitrogens is 1. The van der Waals surface area contributed by atoms with Crippen molar-refractivity contribution in [2.75, 3.05) is 13.7 Å². The third-order valence-corrected chi connectivity index (χ3v) is 5.25. The molecule has 25 heavy (non-hydrogen) atoms. The Balaban J connectivity index is 1.59. The molecule has 0 unspecified atom stereocenters. The van der Waals surface area contributed by atoms with Crippen LogP contribution >= 0.6 is 0 Å². The van der Waals surface area contributed by atoms with Gasteiger partial charge >= 0.3 is 5.76 Å². The third kappa shape index (κ3) is 4.09. The Morgan fingerprint density at radius 2 is 1.92 bits per heavy atom. The van der Waals surface area contributed by atoms with Crippen molar-refractivity contribution in [3.05, 3.63) is 58.6 Å². The van der Waals surface area contributed by atoms with Crippen LogP contribution in [0.1, 0.15) is 12.0 Å². The van der Waals surface area contributed by atoms with Crippen molar-refractivity contribution >= 4 is 21.1 Å². The molecule has 2 N–H and O–H groups in total. The minimum absolute atomic E-state index is 0.0622. The molecule has 0 amide bonds. The van der Waals surface area contributed by atoms with Gasteiger partial charge in [-0.3, -0.25) is 4.98 Å². The Kier molecular flexibility index (Phi) is 4.91. The lowest BCUT2D eigenvalue weighted by molar-refractivity contribution is 0.414. The zero-order valence-electron chi connectivity index (χ0n) is 13.6. The average molecular weight is 362 g/mol. The van der Waals surface area contributed by atoms with Crippen molar-refractivity contribution in [3.63, 3.8) is 0 Å². The first-order chi connectivity index (χ1) is 12.0. The van der Waals surface area contributed by atoms with E-state index in [0.717, 1.165) is 17.7 Å². The van der Waals surface area contributed by atoms with Gasteiger partial charge in [-0.1, -0.05) is 12.1 Å². The van der Waals surface area contributed by atoms with E-state index in [4.69, 9.17) is 9.15 Å². The van der Waals surface area contributed by atoms with E-state index in [2.05, 4.69) is 9.71 Å². The molecule has 0 saturated carbocycles. The lowest BCUT2D eigenvalue weighted by Crippen LogP contribution is -2.25. The minimum atomic E-state index is -3.65. The Hall–Kier alpha value is -2.58. The van der Waals surface area contributed by atoms with Crippen LogP contribution in [0.25, 0.3) is 11.1 Å². The van der Waals surface area contributed by atoms with E-state index in [-0.39, 0.29) is 10.5 Å². The molecule has 3 aromatic rings. The fraction of sp³-hybridized carbons (Fsp3) is 0.235. The van der Waals surface area contributed by atoms with Crippen LogP contribution in [0.15, 0.2) is 56.6 Å². The molecule has 2 aromatic carbocycles. The second kappa shape index (κ2) is 7.12. The molecule has 0 spiro atoms. The molecule has 0 bridgehead atoms. The van der Waals surface area contributed by atoms with Crippen molar-refractivity contribution in [2.24, 2.45) is 0 Å². The van der Waals surface area contributed by atoms with E-state index < -0.39 is 15.8 Å². The topological polar surface area (TPSA) is 101 Å². The van der Waals surface area contributed by atoms with E-state index in [1.54, 1.807) is 7.11 Å². The first kappa shape index (κ1) is 17.2. The lowest BCUT2D eigenvalue weighted by atomic mass is 10.1. The molecular formula is C17H18N2O5S. The van der Waals surface area contributed by atoms with E-state index in [1.165, 1.54) is 18.2 Å². The number of aromatic amines is 1. The molecular weight excluding hydrogens is 344 g/mol. The van der Waals surface area contributed by atoms with Gasteiger partial charge < -0.3 is 9.15 Å². The SMILES string of the molecule is COc1ccc(CCCNS(=O)(=O)c2ccc3[nH]c(=O)oc3c2)cc1. The second-order valence-electron chi connectivity index (χ2n) is 5.52. The molecule has 3 rings (SSSR count). The molecule has 132 valence electrons. The van der Waals surface area contributed by atoms with Crippen LogP contribution in [0.5, 0.6) is 5.75 Å². The van der Waals surface area contributed by atoms with Gasteiger partial charge in [-0.2, -0.15) is 0 Å². The van der Waals surface area contributed by atoms with Crippen LogP contribution in [-0.4, -0.2) is 27.1 Å². The maximum Gasteiger partial charge on any atom is 0.417 e. The van der Waals surface area contributed by atoms with Crippen molar-refractivity contribution < 1.29 is 17.6 Å². The van der Waals surface area contributed by atoms with Gasteiger partial charge in [0.1, 0.15) is 5.75 Å². The van der Waals surface area contributed by atoms with Gasteiger partial charge in [0, 0.05) is 12.6 Å². The van der Waals surface area contributed by atoms with E-state index in [1.807, 2.05) is 24.3 Å². The number of methoxy groups -OCH3 is 1. The summed E-state index contributed by atoms with van der Waals surface area (Å²) in [4.78, 5) is 13.7. The summed E-state index contributed by atoms with van der Waals surface area (Å²) >= 11 is 0. The number of rotatable bonds is 7. The summed E-state index contributed by atoms with van der Waals surface area (Å²) in [6, 6.07) is 11.9. The summed E-state index contributed by atoms with van der Waals surface area (Å²) < 4.78 is 37.2. The van der Waals surface area contributed by atoms with E-state index in [0.29, 0.717) is 18.5 Å². The van der Waals surface area contributed by atoms with Crippen LogP contribution < -0.4 is 15.2 Å². The predicted octanol–water partition coefficient (Wildman–Crippen LogP) is 2.04. The summed E-state index contributed by atoms with van der Waals surface area (Å²) in [6.07, 6.45) is 1.41. The van der Waals surface area contributed by atoms with Crippen molar-refractivity contribution in [1.29, 1.82) is 0 Å². The zero-order valence-corrected chi connectivity index (χ0v) is 14.4. The molecule has 0 aliphatic carbocycles. The lowest BCUT2D eigenvalue weighted by Gasteiger charge is -2.07. The summed E-state index contributed by atoms with van der Waals surface area (Å²) in [5, 5.41) is 0. The third-order valence-electron chi connectivity index (χ3n) is 3.80. The fourth-order valence-electron chi connectivity index (χ4n) is 2.47. The Labute approximate surface area is 144 Å². The predicted molar refractivity (Wildman–Crippen MR) is 93.3 cm³/mol. The van der Waals surface area contributed by atoms with Gasteiger partial charge in [-0.05, 0) is 42.7 Å². The molecule has 0 atom stereocenters. The van der Waals surface area contributed by atoms with Crippen molar-refractivity contribution in [3.8, 4) is 5.75 Å². The fourth-order valence-corrected chi connectivity index (χ4v) is 3.56. The van der Waals surface area contributed by atoms with E-state index in [9.17, 15) is 13.2 Å². The number of hydrogen-bond acceptors (Lipinski definition) is 5. The van der Waals surface area contributed by atoms with Gasteiger partial charge in [-0.25, -0.2) is 17.9 Å². The van der Waals surface area contributed by atoms with Gasteiger partial charge in [0.05, 0.1) is 17.5 Å². The summed E-state index contributed by atoms with van der Waals surface area (Å²) in [5.41, 5.74) is 1.78. The van der Waals surface area contributed by atoms with E-state index >= 15 is 0 Å². The number of benzene rings is 2. The number of aromatic nitrogens is 1. The molecule has 0 fully saturated rings. The van der Waals surface area contributed by atoms with Crippen LogP contribution in [0, 0.1) is 0 Å². The largest absolute Gasteiger partial charge is 0.497 e. The molecule has 0 aliphatic rings. The standard InChI is InChI=1S/C17H18N2O5S/c1-23-13-6-4-12(5-7-13)3-2-10-18-25(21,22)14-8-9-15-16(11-14)24-17(20)19-15/h4-9,11,18H,2-3,10H2,1H3,(H,19,20). The quantitative estimate of drug-likeness (QED) is 0.626. The number of hydrogen-bond donors (Lipinski definition) is 2. The van der Waals surface area contributed by atoms with Gasteiger partial charge in [0.2, 0.25) is 10.0 Å². The van der Waals surface area contributed by atoms with Crippen molar-refractivity contribution in [1.82, 2.24) is 9.71 Å². The van der Waals surface area contributed by atoms with Crippen LogP contribution in [-0.2, 0) is 16.4 Å². The highest BCUT2D eigenvalue weighted by molar-refractivity contribution is 7.89. The number of aryl methyl sites for hydroxylation is 1. The van der Waals surface area contributed by atoms with Crippen molar-refractivity contribution in [2.45, 2.75) is 17.7 Å². The highest BCUT2D eigenvalue weighted by Gasteiger charge is 2.15. The zero-order chi connectivity index (χ0) is 17.9. The molecule has 0 saturated heterocycles. The monoisotopic (exact) mass is 362 g/mol. The Morgan fingerprint density at radius 3 is 2.64 bits per heavy atom. The van der Waals surface area contributed by atoms with Gasteiger partial charge in [-0.15, -0.1) is 0 Å². The number of ether oxygens (including phenoxy) is 1. The summed E-state index contributed by atoms with van der Waals surface area (Å²) in [6.45, 7) is 0.309. The number of fused-ring (bicyclic) bond motifs is 1. The smallest absolute Gasteiger partial charge is 0.417 e.